The Hall–Kier alpha value is -2.18. The SMILES string of the molecule is COc1ccc(COc2ccccc2Cl)cc1C#N. The molecular formula is C15H12ClNO2. The average Bonchev–Trinajstić information content (AvgIpc) is 2.46. The summed E-state index contributed by atoms with van der Waals surface area (Å²) in [6, 6.07) is 14.7. The zero-order valence-electron chi connectivity index (χ0n) is 10.4. The predicted octanol–water partition coefficient (Wildman–Crippen LogP) is 3.80. The van der Waals surface area contributed by atoms with Gasteiger partial charge in [-0.3, -0.25) is 0 Å². The molecule has 2 aromatic rings. The van der Waals surface area contributed by atoms with Gasteiger partial charge in [0.25, 0.3) is 0 Å². The molecule has 96 valence electrons. The quantitative estimate of drug-likeness (QED) is 0.851. The molecule has 0 amide bonds. The molecule has 0 aliphatic carbocycles. The van der Waals surface area contributed by atoms with Gasteiger partial charge in [0, 0.05) is 0 Å². The Bertz CT molecular complexity index is 620. The number of nitrogens with zero attached hydrogens (tertiary/aromatic N) is 1. The zero-order chi connectivity index (χ0) is 13.7. The third kappa shape index (κ3) is 3.18. The Labute approximate surface area is 117 Å². The van der Waals surface area contributed by atoms with Crippen molar-refractivity contribution < 1.29 is 9.47 Å². The van der Waals surface area contributed by atoms with Crippen molar-refractivity contribution in [2.45, 2.75) is 6.61 Å². The normalized spacial score (nSPS) is 9.74. The number of rotatable bonds is 4. The summed E-state index contributed by atoms with van der Waals surface area (Å²) in [6.45, 7) is 0.350. The molecule has 0 N–H and O–H groups in total. The van der Waals surface area contributed by atoms with E-state index in [9.17, 15) is 0 Å². The van der Waals surface area contributed by atoms with Crippen LogP contribution in [0.4, 0.5) is 0 Å². The Balaban J connectivity index is 2.13. The molecule has 0 saturated carbocycles. The van der Waals surface area contributed by atoms with Crippen LogP contribution in [0.1, 0.15) is 11.1 Å². The molecule has 2 rings (SSSR count). The summed E-state index contributed by atoms with van der Waals surface area (Å²) in [7, 11) is 1.54. The predicted molar refractivity (Wildman–Crippen MR) is 73.5 cm³/mol. The first kappa shape index (κ1) is 13.3. The molecule has 0 aromatic heterocycles. The van der Waals surface area contributed by atoms with Crippen LogP contribution in [0.15, 0.2) is 42.5 Å². The first-order chi connectivity index (χ1) is 9.24. The van der Waals surface area contributed by atoms with Gasteiger partial charge in [-0.15, -0.1) is 0 Å². The highest BCUT2D eigenvalue weighted by Gasteiger charge is 2.05. The summed E-state index contributed by atoms with van der Waals surface area (Å²) in [5.41, 5.74) is 1.38. The smallest absolute Gasteiger partial charge is 0.138 e. The van der Waals surface area contributed by atoms with Crippen molar-refractivity contribution in [1.29, 1.82) is 5.26 Å². The summed E-state index contributed by atoms with van der Waals surface area (Å²) in [5, 5.41) is 9.58. The van der Waals surface area contributed by atoms with Gasteiger partial charge in [0.15, 0.2) is 0 Å². The van der Waals surface area contributed by atoms with E-state index < -0.39 is 0 Å². The van der Waals surface area contributed by atoms with Crippen LogP contribution in [0.3, 0.4) is 0 Å². The van der Waals surface area contributed by atoms with E-state index in [0.29, 0.717) is 28.7 Å². The maximum absolute atomic E-state index is 9.01. The van der Waals surface area contributed by atoms with Crippen LogP contribution in [0.5, 0.6) is 11.5 Å². The highest BCUT2D eigenvalue weighted by Crippen LogP contribution is 2.25. The van der Waals surface area contributed by atoms with Gasteiger partial charge in [-0.1, -0.05) is 29.8 Å². The van der Waals surface area contributed by atoms with Crippen molar-refractivity contribution in [3.63, 3.8) is 0 Å². The maximum atomic E-state index is 9.01. The van der Waals surface area contributed by atoms with Crippen LogP contribution < -0.4 is 9.47 Å². The third-order valence-corrected chi connectivity index (χ3v) is 2.93. The van der Waals surface area contributed by atoms with Crippen molar-refractivity contribution in [3.8, 4) is 17.6 Å². The standard InChI is InChI=1S/C15H12ClNO2/c1-18-14-7-6-11(8-12(14)9-17)10-19-15-5-3-2-4-13(15)16/h2-8H,10H2,1H3. The van der Waals surface area contributed by atoms with E-state index in [4.69, 9.17) is 26.3 Å². The van der Waals surface area contributed by atoms with Crippen molar-refractivity contribution >= 4 is 11.6 Å². The van der Waals surface area contributed by atoms with Crippen LogP contribution in [-0.2, 0) is 6.61 Å². The Morgan fingerprint density at radius 2 is 1.95 bits per heavy atom. The molecule has 0 radical (unpaired) electrons. The van der Waals surface area contributed by atoms with Crippen LogP contribution >= 0.6 is 11.6 Å². The number of benzene rings is 2. The topological polar surface area (TPSA) is 42.2 Å². The fourth-order valence-electron chi connectivity index (χ4n) is 1.66. The van der Waals surface area contributed by atoms with Crippen LogP contribution in [0.25, 0.3) is 0 Å². The second-order valence-electron chi connectivity index (χ2n) is 3.87. The van der Waals surface area contributed by atoms with E-state index in [1.165, 1.54) is 7.11 Å². The number of methoxy groups -OCH3 is 1. The summed E-state index contributed by atoms with van der Waals surface area (Å²) in [5.74, 6) is 1.18. The van der Waals surface area contributed by atoms with Crippen LogP contribution in [-0.4, -0.2) is 7.11 Å². The second-order valence-corrected chi connectivity index (χ2v) is 4.27. The molecule has 3 nitrogen and oxygen atoms in total. The highest BCUT2D eigenvalue weighted by atomic mass is 35.5. The summed E-state index contributed by atoms with van der Waals surface area (Å²) < 4.78 is 10.7. The van der Waals surface area contributed by atoms with Gasteiger partial charge in [0.1, 0.15) is 24.2 Å². The van der Waals surface area contributed by atoms with Gasteiger partial charge >= 0.3 is 0 Å². The van der Waals surface area contributed by atoms with E-state index in [1.54, 1.807) is 24.3 Å². The largest absolute Gasteiger partial charge is 0.495 e. The summed E-state index contributed by atoms with van der Waals surface area (Å²) in [6.07, 6.45) is 0. The molecule has 0 spiro atoms. The minimum Gasteiger partial charge on any atom is -0.495 e. The van der Waals surface area contributed by atoms with E-state index in [-0.39, 0.29) is 0 Å². The Morgan fingerprint density at radius 3 is 2.63 bits per heavy atom. The summed E-state index contributed by atoms with van der Waals surface area (Å²) in [4.78, 5) is 0. The van der Waals surface area contributed by atoms with Gasteiger partial charge in [-0.2, -0.15) is 5.26 Å². The number of halogens is 1. The van der Waals surface area contributed by atoms with Crippen molar-refractivity contribution in [1.82, 2.24) is 0 Å². The lowest BCUT2D eigenvalue weighted by atomic mass is 10.1. The van der Waals surface area contributed by atoms with E-state index in [2.05, 4.69) is 6.07 Å². The summed E-state index contributed by atoms with van der Waals surface area (Å²) >= 11 is 6.00. The highest BCUT2D eigenvalue weighted by molar-refractivity contribution is 6.32. The molecule has 0 aliphatic heterocycles. The lowest BCUT2D eigenvalue weighted by Crippen LogP contribution is -1.97. The molecule has 0 bridgehead atoms. The minimum atomic E-state index is 0.350. The first-order valence-electron chi connectivity index (χ1n) is 5.69. The fraction of sp³-hybridized carbons (Fsp3) is 0.133. The van der Waals surface area contributed by atoms with Gasteiger partial charge in [-0.05, 0) is 29.8 Å². The second kappa shape index (κ2) is 6.12. The third-order valence-electron chi connectivity index (χ3n) is 2.62. The van der Waals surface area contributed by atoms with Gasteiger partial charge in [-0.25, -0.2) is 0 Å². The van der Waals surface area contributed by atoms with Gasteiger partial charge in [0.05, 0.1) is 17.7 Å². The van der Waals surface area contributed by atoms with E-state index in [1.807, 2.05) is 18.2 Å². The fourth-order valence-corrected chi connectivity index (χ4v) is 1.85. The number of nitriles is 1. The number of para-hydroxylation sites is 1. The molecule has 19 heavy (non-hydrogen) atoms. The molecule has 0 fully saturated rings. The molecule has 0 aliphatic rings. The first-order valence-corrected chi connectivity index (χ1v) is 6.06. The van der Waals surface area contributed by atoms with Crippen LogP contribution in [0.2, 0.25) is 5.02 Å². The van der Waals surface area contributed by atoms with E-state index >= 15 is 0 Å². The molecule has 0 atom stereocenters. The minimum absolute atomic E-state index is 0.350. The molecule has 0 heterocycles. The zero-order valence-corrected chi connectivity index (χ0v) is 11.1. The lowest BCUT2D eigenvalue weighted by molar-refractivity contribution is 0.306. The number of hydrogen-bond donors (Lipinski definition) is 0. The van der Waals surface area contributed by atoms with Gasteiger partial charge < -0.3 is 9.47 Å². The van der Waals surface area contributed by atoms with Crippen molar-refractivity contribution in [2.75, 3.05) is 7.11 Å². The van der Waals surface area contributed by atoms with Crippen molar-refractivity contribution in [2.24, 2.45) is 0 Å². The monoisotopic (exact) mass is 273 g/mol. The average molecular weight is 274 g/mol. The molecular weight excluding hydrogens is 262 g/mol. The lowest BCUT2D eigenvalue weighted by Gasteiger charge is -2.09. The van der Waals surface area contributed by atoms with E-state index in [0.717, 1.165) is 5.56 Å². The maximum Gasteiger partial charge on any atom is 0.138 e. The number of hydrogen-bond acceptors (Lipinski definition) is 3. The van der Waals surface area contributed by atoms with Crippen LogP contribution in [0, 0.1) is 11.3 Å². The Morgan fingerprint density at radius 1 is 1.16 bits per heavy atom. The Kier molecular flexibility index (Phi) is 4.27. The van der Waals surface area contributed by atoms with Crippen molar-refractivity contribution in [3.05, 3.63) is 58.6 Å². The molecule has 2 aromatic carbocycles. The number of ether oxygens (including phenoxy) is 2. The molecule has 0 unspecified atom stereocenters. The molecule has 4 heteroatoms. The molecule has 0 saturated heterocycles. The van der Waals surface area contributed by atoms with Gasteiger partial charge in [0.2, 0.25) is 0 Å².